The van der Waals surface area contributed by atoms with E-state index < -0.39 is 50.2 Å². The smallest absolute Gasteiger partial charge is 0.459 e. The van der Waals surface area contributed by atoms with Gasteiger partial charge in [-0.25, -0.2) is 13.9 Å². The highest BCUT2D eigenvalue weighted by Gasteiger charge is 2.77. The number of rotatable bonds is 10. The molecule has 0 radical (unpaired) electrons. The van der Waals surface area contributed by atoms with Gasteiger partial charge in [0.15, 0.2) is 18.0 Å². The molecule has 3 heterocycles. The number of carbonyl (C=O) groups excluding carboxylic acids is 1. The van der Waals surface area contributed by atoms with Gasteiger partial charge in [-0.1, -0.05) is 18.2 Å². The molecule has 36 heavy (non-hydrogen) atoms. The molecular formula is C22H28FN4O7PS. The fourth-order valence-corrected chi connectivity index (χ4v) is 5.59. The van der Waals surface area contributed by atoms with E-state index in [1.807, 2.05) is 0 Å². The number of anilines is 1. The number of ether oxygens (including phenoxy) is 3. The molecule has 196 valence electrons. The largest absolute Gasteiger partial charge is 0.462 e. The molecule has 2 aliphatic rings. The number of hydrogen-bond donors (Lipinski definition) is 2. The molecular weight excluding hydrogens is 514 g/mol. The van der Waals surface area contributed by atoms with Crippen LogP contribution in [-0.4, -0.2) is 51.8 Å². The van der Waals surface area contributed by atoms with E-state index in [2.05, 4.69) is 10.1 Å². The Morgan fingerprint density at radius 1 is 1.31 bits per heavy atom. The molecule has 2 aliphatic heterocycles. The molecule has 2 aromatic rings. The number of epoxide rings is 1. The molecule has 0 saturated carbocycles. The number of alkyl halides is 1. The van der Waals surface area contributed by atoms with Crippen LogP contribution in [0.4, 0.5) is 10.2 Å². The Bertz CT molecular complexity index is 1230. The number of nitrogens with one attached hydrogen (secondary N) is 1. The molecule has 0 spiro atoms. The number of nitrogen functional groups attached to an aromatic ring is 1. The number of benzene rings is 1. The summed E-state index contributed by atoms with van der Waals surface area (Å²) >= 11 is 5.20. The molecule has 6 atom stereocenters. The molecule has 2 fully saturated rings. The van der Waals surface area contributed by atoms with Crippen LogP contribution in [0, 0.1) is 4.77 Å². The van der Waals surface area contributed by atoms with Crippen LogP contribution >= 0.6 is 20.0 Å². The van der Waals surface area contributed by atoms with Gasteiger partial charge in [0.25, 0.3) is 0 Å². The number of para-hydroxylation sites is 1. The van der Waals surface area contributed by atoms with E-state index in [1.54, 1.807) is 44.2 Å². The summed E-state index contributed by atoms with van der Waals surface area (Å²) in [5.41, 5.74) is 3.62. The highest BCUT2D eigenvalue weighted by Crippen LogP contribution is 2.61. The summed E-state index contributed by atoms with van der Waals surface area (Å²) in [5.74, 6) is -1.79. The highest BCUT2D eigenvalue weighted by molar-refractivity contribution is 7.71. The number of carbonyl (C=O) groups is 1. The van der Waals surface area contributed by atoms with Crippen LogP contribution in [0.5, 0.6) is 5.75 Å². The first-order chi connectivity index (χ1) is 16.9. The maximum atomic E-state index is 15.7. The fourth-order valence-electron chi connectivity index (χ4n) is 3.82. The van der Waals surface area contributed by atoms with E-state index >= 15 is 4.39 Å². The van der Waals surface area contributed by atoms with Crippen molar-refractivity contribution >= 4 is 31.8 Å². The summed E-state index contributed by atoms with van der Waals surface area (Å²) in [6.45, 7) is 5.68. The zero-order chi connectivity index (χ0) is 26.3. The second-order valence-electron chi connectivity index (χ2n) is 8.99. The third kappa shape index (κ3) is 5.46. The topological polar surface area (TPSA) is 139 Å². The second kappa shape index (κ2) is 9.81. The van der Waals surface area contributed by atoms with Crippen LogP contribution in [-0.2, 0) is 28.1 Å². The van der Waals surface area contributed by atoms with Gasteiger partial charge in [-0.15, -0.1) is 0 Å². The lowest BCUT2D eigenvalue weighted by Gasteiger charge is -2.27. The van der Waals surface area contributed by atoms with Crippen LogP contribution in [0.25, 0.3) is 0 Å². The van der Waals surface area contributed by atoms with Gasteiger partial charge in [0.05, 0.1) is 6.10 Å². The van der Waals surface area contributed by atoms with E-state index in [0.29, 0.717) is 0 Å². The van der Waals surface area contributed by atoms with Crippen molar-refractivity contribution < 1.29 is 37.0 Å². The predicted molar refractivity (Wildman–Crippen MR) is 129 cm³/mol. The maximum Gasteiger partial charge on any atom is 0.459 e. The average Bonchev–Trinajstić information content (AvgIpc) is 3.47. The first-order valence-corrected chi connectivity index (χ1v) is 13.2. The molecule has 0 amide bonds. The molecule has 0 bridgehead atoms. The Morgan fingerprint density at radius 3 is 2.64 bits per heavy atom. The van der Waals surface area contributed by atoms with Crippen molar-refractivity contribution in [2.75, 3.05) is 12.3 Å². The fraction of sp³-hybridized carbons (Fsp3) is 0.500. The zero-order valence-electron chi connectivity index (χ0n) is 20.1. The van der Waals surface area contributed by atoms with Gasteiger partial charge in [0.2, 0.25) is 10.6 Å². The van der Waals surface area contributed by atoms with Crippen molar-refractivity contribution in [3.05, 3.63) is 47.4 Å². The Labute approximate surface area is 212 Å². The molecule has 4 rings (SSSR count). The number of esters is 1. The Kier molecular flexibility index (Phi) is 7.26. The van der Waals surface area contributed by atoms with E-state index in [-0.39, 0.29) is 22.4 Å². The number of hydrogen-bond acceptors (Lipinski definition) is 10. The van der Waals surface area contributed by atoms with Crippen molar-refractivity contribution in [2.45, 2.75) is 63.6 Å². The van der Waals surface area contributed by atoms with E-state index in [0.717, 1.165) is 0 Å². The van der Waals surface area contributed by atoms with Crippen LogP contribution in [0.2, 0.25) is 0 Å². The summed E-state index contributed by atoms with van der Waals surface area (Å²) in [6.07, 6.45) is -1.14. The first kappa shape index (κ1) is 26.6. The van der Waals surface area contributed by atoms with E-state index in [1.165, 1.54) is 30.7 Å². The van der Waals surface area contributed by atoms with Crippen LogP contribution in [0.1, 0.15) is 33.9 Å². The van der Waals surface area contributed by atoms with E-state index in [4.69, 9.17) is 41.2 Å². The van der Waals surface area contributed by atoms with Gasteiger partial charge in [0.1, 0.15) is 24.2 Å². The lowest BCUT2D eigenvalue weighted by molar-refractivity contribution is -0.171. The lowest BCUT2D eigenvalue weighted by atomic mass is 10.0. The van der Waals surface area contributed by atoms with Gasteiger partial charge < -0.3 is 24.5 Å². The number of nitrogens with zero attached hydrogens (tertiary/aromatic N) is 2. The molecule has 14 heteroatoms. The molecule has 11 nitrogen and oxygen atoms in total. The first-order valence-electron chi connectivity index (χ1n) is 11.2. The molecule has 3 N–H and O–H groups in total. The molecule has 2 saturated heterocycles. The maximum absolute atomic E-state index is 15.7. The number of nitrogens with two attached hydrogens (primary N) is 1. The minimum absolute atomic E-state index is 0.0264. The summed E-state index contributed by atoms with van der Waals surface area (Å²) in [6, 6.07) is 8.67. The van der Waals surface area contributed by atoms with Gasteiger partial charge in [0, 0.05) is 6.20 Å². The summed E-state index contributed by atoms with van der Waals surface area (Å²) < 4.78 is 58.6. The molecule has 1 aromatic heterocycles. The molecule has 1 aromatic carbocycles. The number of aromatic nitrogens is 2. The third-order valence-corrected chi connectivity index (χ3v) is 7.46. The Morgan fingerprint density at radius 2 is 2.00 bits per heavy atom. The third-order valence-electron chi connectivity index (χ3n) is 5.53. The van der Waals surface area contributed by atoms with Crippen LogP contribution in [0.3, 0.4) is 0 Å². The molecule has 0 aliphatic carbocycles. The van der Waals surface area contributed by atoms with Gasteiger partial charge >= 0.3 is 13.7 Å². The van der Waals surface area contributed by atoms with E-state index in [9.17, 15) is 9.36 Å². The van der Waals surface area contributed by atoms with Gasteiger partial charge in [-0.05, 0) is 58.1 Å². The lowest BCUT2D eigenvalue weighted by Crippen LogP contribution is -2.37. The summed E-state index contributed by atoms with van der Waals surface area (Å²) in [5, 5.41) is 2.57. The predicted octanol–water partition coefficient (Wildman–Crippen LogP) is 3.68. The quantitative estimate of drug-likeness (QED) is 0.197. The van der Waals surface area contributed by atoms with Crippen molar-refractivity contribution in [1.29, 1.82) is 0 Å². The Hall–Kier alpha value is -2.41. The van der Waals surface area contributed by atoms with Gasteiger partial charge in [-0.3, -0.25) is 13.9 Å². The zero-order valence-corrected chi connectivity index (χ0v) is 21.8. The summed E-state index contributed by atoms with van der Waals surface area (Å²) in [7, 11) is -4.20. The van der Waals surface area contributed by atoms with Crippen LogP contribution in [0.15, 0.2) is 42.6 Å². The van der Waals surface area contributed by atoms with Crippen LogP contribution < -0.4 is 15.3 Å². The highest BCUT2D eigenvalue weighted by atomic mass is 32.1. The standard InChI is InChI=1S/C22H28FN4O7PS/c1-13(2)31-17(28)14(3)26-35(29,34-15-8-6-5-7-9-15)30-12-22-18(32-22)21(4,23)19(33-22)27-11-10-16(24)25-20(27)36/h5-11,13-14,18-19H,12H2,1-4H3,(H,26,29)(H2,24,25,36)/t14-,18?,19+,21?,22?,35?/m0/s1. The summed E-state index contributed by atoms with van der Waals surface area (Å²) in [4.78, 5) is 16.3. The van der Waals surface area contributed by atoms with Gasteiger partial charge in [-0.2, -0.15) is 5.09 Å². The minimum atomic E-state index is -4.20. The second-order valence-corrected chi connectivity index (χ2v) is 11.0. The minimum Gasteiger partial charge on any atom is -0.462 e. The monoisotopic (exact) mass is 542 g/mol. The van der Waals surface area contributed by atoms with Crippen molar-refractivity contribution in [2.24, 2.45) is 0 Å². The SMILES string of the molecule is CC(C)OC(=O)[C@H](C)NP(=O)(OCC12OC1C(C)(F)[C@H](n1ccc(N)nc1=S)O2)Oc1ccccc1. The number of halogens is 1. The van der Waals surface area contributed by atoms with Crippen molar-refractivity contribution in [3.63, 3.8) is 0 Å². The Balaban J connectivity index is 1.52. The molecule has 4 unspecified atom stereocenters. The van der Waals surface area contributed by atoms with Crippen molar-refractivity contribution in [3.8, 4) is 5.75 Å². The average molecular weight is 543 g/mol. The normalized spacial score (nSPS) is 29.3. The van der Waals surface area contributed by atoms with Crippen molar-refractivity contribution in [1.82, 2.24) is 14.6 Å². The number of fused-ring (bicyclic) bond motifs is 1.